The lowest BCUT2D eigenvalue weighted by atomic mass is 10.1. The van der Waals surface area contributed by atoms with Crippen LogP contribution in [0.15, 0.2) is 0 Å². The number of hydrogen-bond donors (Lipinski definition) is 1. The normalized spacial score (nSPS) is 34.9. The molecule has 2 nitrogen and oxygen atoms in total. The summed E-state index contributed by atoms with van der Waals surface area (Å²) in [7, 11) is 0. The van der Waals surface area contributed by atoms with Gasteiger partial charge in [0.15, 0.2) is 0 Å². The SMILES string of the molecule is C1CNC(C2CC2)CN(C2CCSCC2)C1. The molecule has 0 radical (unpaired) electrons. The summed E-state index contributed by atoms with van der Waals surface area (Å²) in [5.74, 6) is 3.80. The maximum atomic E-state index is 3.77. The maximum Gasteiger partial charge on any atom is 0.0223 e. The van der Waals surface area contributed by atoms with Crippen LogP contribution < -0.4 is 5.32 Å². The Bertz CT molecular complexity index is 224. The van der Waals surface area contributed by atoms with E-state index in [1.165, 1.54) is 63.2 Å². The largest absolute Gasteiger partial charge is 0.312 e. The molecule has 1 saturated carbocycles. The molecule has 0 bridgehead atoms. The van der Waals surface area contributed by atoms with Gasteiger partial charge in [-0.25, -0.2) is 0 Å². The van der Waals surface area contributed by atoms with E-state index < -0.39 is 0 Å². The second kappa shape index (κ2) is 5.28. The average molecular weight is 240 g/mol. The fourth-order valence-corrected chi connectivity index (χ4v) is 4.26. The molecule has 3 rings (SSSR count). The lowest BCUT2D eigenvalue weighted by Crippen LogP contribution is -2.45. The topological polar surface area (TPSA) is 15.3 Å². The minimum atomic E-state index is 0.817. The first-order chi connectivity index (χ1) is 7.93. The summed E-state index contributed by atoms with van der Waals surface area (Å²) in [6, 6.07) is 1.72. The molecule has 0 aromatic rings. The molecule has 1 unspecified atom stereocenters. The molecule has 0 spiro atoms. The third-order valence-electron chi connectivity index (χ3n) is 4.36. The van der Waals surface area contributed by atoms with Gasteiger partial charge in [-0.2, -0.15) is 11.8 Å². The van der Waals surface area contributed by atoms with Crippen molar-refractivity contribution in [2.45, 2.75) is 44.2 Å². The molecular weight excluding hydrogens is 216 g/mol. The highest BCUT2D eigenvalue weighted by Gasteiger charge is 2.34. The van der Waals surface area contributed by atoms with Gasteiger partial charge < -0.3 is 5.32 Å². The van der Waals surface area contributed by atoms with Crippen LogP contribution in [0.4, 0.5) is 0 Å². The second-order valence-electron chi connectivity index (χ2n) is 5.59. The van der Waals surface area contributed by atoms with Crippen LogP contribution in [0.2, 0.25) is 0 Å². The summed E-state index contributed by atoms with van der Waals surface area (Å²) in [4.78, 5) is 2.81. The van der Waals surface area contributed by atoms with Crippen molar-refractivity contribution in [3.05, 3.63) is 0 Å². The Kier molecular flexibility index (Phi) is 3.75. The van der Waals surface area contributed by atoms with Crippen molar-refractivity contribution in [2.24, 2.45) is 5.92 Å². The van der Waals surface area contributed by atoms with E-state index in [2.05, 4.69) is 22.0 Å². The van der Waals surface area contributed by atoms with Crippen LogP contribution in [-0.4, -0.2) is 48.1 Å². The van der Waals surface area contributed by atoms with Gasteiger partial charge >= 0.3 is 0 Å². The van der Waals surface area contributed by atoms with Gasteiger partial charge in [-0.3, -0.25) is 4.90 Å². The summed E-state index contributed by atoms with van der Waals surface area (Å²) in [5, 5.41) is 3.77. The molecule has 1 atom stereocenters. The van der Waals surface area contributed by atoms with E-state index in [1.807, 2.05) is 0 Å². The molecule has 2 aliphatic heterocycles. The molecule has 0 aromatic carbocycles. The van der Waals surface area contributed by atoms with E-state index >= 15 is 0 Å². The van der Waals surface area contributed by atoms with Crippen molar-refractivity contribution in [3.63, 3.8) is 0 Å². The Hall–Kier alpha value is 0.270. The summed E-state index contributed by atoms with van der Waals surface area (Å²) in [6.45, 7) is 3.92. The number of nitrogens with one attached hydrogen (secondary N) is 1. The van der Waals surface area contributed by atoms with Gasteiger partial charge in [-0.05, 0) is 62.6 Å². The van der Waals surface area contributed by atoms with Crippen molar-refractivity contribution >= 4 is 11.8 Å². The van der Waals surface area contributed by atoms with Gasteiger partial charge in [0.2, 0.25) is 0 Å². The molecule has 1 aliphatic carbocycles. The Morgan fingerprint density at radius 3 is 2.62 bits per heavy atom. The van der Waals surface area contributed by atoms with E-state index in [0.29, 0.717) is 0 Å². The fraction of sp³-hybridized carbons (Fsp3) is 1.00. The Morgan fingerprint density at radius 2 is 1.88 bits per heavy atom. The molecule has 3 aliphatic rings. The van der Waals surface area contributed by atoms with Gasteiger partial charge in [-0.15, -0.1) is 0 Å². The summed E-state index contributed by atoms with van der Waals surface area (Å²) >= 11 is 2.15. The number of nitrogens with zero attached hydrogens (tertiary/aromatic N) is 1. The van der Waals surface area contributed by atoms with Crippen LogP contribution in [0, 0.1) is 5.92 Å². The molecule has 3 fully saturated rings. The summed E-state index contributed by atoms with van der Waals surface area (Å²) < 4.78 is 0. The zero-order chi connectivity index (χ0) is 10.8. The molecule has 2 saturated heterocycles. The molecule has 0 aromatic heterocycles. The van der Waals surface area contributed by atoms with E-state index in [-0.39, 0.29) is 0 Å². The minimum absolute atomic E-state index is 0.817. The zero-order valence-electron chi connectivity index (χ0n) is 10.2. The highest BCUT2D eigenvalue weighted by atomic mass is 32.2. The van der Waals surface area contributed by atoms with Crippen LogP contribution in [-0.2, 0) is 0 Å². The lowest BCUT2D eigenvalue weighted by molar-refractivity contribution is 0.177. The Morgan fingerprint density at radius 1 is 1.06 bits per heavy atom. The highest BCUT2D eigenvalue weighted by molar-refractivity contribution is 7.99. The third kappa shape index (κ3) is 2.74. The van der Waals surface area contributed by atoms with Crippen molar-refractivity contribution in [1.29, 1.82) is 0 Å². The number of thioether (sulfide) groups is 1. The molecule has 2 heterocycles. The first-order valence-corrected chi connectivity index (χ1v) is 8.14. The first kappa shape index (κ1) is 11.4. The second-order valence-corrected chi connectivity index (χ2v) is 6.81. The molecule has 0 amide bonds. The molecule has 92 valence electrons. The van der Waals surface area contributed by atoms with E-state index in [0.717, 1.165) is 18.0 Å². The predicted octanol–water partition coefficient (Wildman–Crippen LogP) is 1.96. The van der Waals surface area contributed by atoms with Crippen LogP contribution in [0.1, 0.15) is 32.1 Å². The maximum absolute atomic E-state index is 3.77. The van der Waals surface area contributed by atoms with Crippen molar-refractivity contribution in [2.75, 3.05) is 31.1 Å². The quantitative estimate of drug-likeness (QED) is 0.794. The first-order valence-electron chi connectivity index (χ1n) is 6.98. The average Bonchev–Trinajstić information content (AvgIpc) is 3.16. The van der Waals surface area contributed by atoms with Crippen LogP contribution >= 0.6 is 11.8 Å². The van der Waals surface area contributed by atoms with Gasteiger partial charge in [0.25, 0.3) is 0 Å². The van der Waals surface area contributed by atoms with E-state index in [9.17, 15) is 0 Å². The van der Waals surface area contributed by atoms with E-state index in [1.54, 1.807) is 0 Å². The van der Waals surface area contributed by atoms with E-state index in [4.69, 9.17) is 0 Å². The number of rotatable bonds is 2. The van der Waals surface area contributed by atoms with Gasteiger partial charge in [0.05, 0.1) is 0 Å². The Labute approximate surface area is 104 Å². The van der Waals surface area contributed by atoms with Gasteiger partial charge in [-0.1, -0.05) is 0 Å². The minimum Gasteiger partial charge on any atom is -0.312 e. The number of hydrogen-bond acceptors (Lipinski definition) is 3. The smallest absolute Gasteiger partial charge is 0.0223 e. The van der Waals surface area contributed by atoms with Gasteiger partial charge in [0.1, 0.15) is 0 Å². The lowest BCUT2D eigenvalue weighted by Gasteiger charge is -2.34. The molecule has 1 N–H and O–H groups in total. The summed E-state index contributed by atoms with van der Waals surface area (Å²) in [5.41, 5.74) is 0. The highest BCUT2D eigenvalue weighted by Crippen LogP contribution is 2.34. The summed E-state index contributed by atoms with van der Waals surface area (Å²) in [6.07, 6.45) is 7.18. The predicted molar refractivity (Wildman–Crippen MR) is 71.1 cm³/mol. The van der Waals surface area contributed by atoms with Crippen molar-refractivity contribution < 1.29 is 0 Å². The van der Waals surface area contributed by atoms with Crippen LogP contribution in [0.5, 0.6) is 0 Å². The molecule has 3 heteroatoms. The standard InChI is InChI=1S/C13H24N2S/c1-6-14-13(11-2-3-11)10-15(7-1)12-4-8-16-9-5-12/h11-14H,1-10H2. The van der Waals surface area contributed by atoms with Crippen molar-refractivity contribution in [3.8, 4) is 0 Å². The fourth-order valence-electron chi connectivity index (χ4n) is 3.17. The molecule has 16 heavy (non-hydrogen) atoms. The zero-order valence-corrected chi connectivity index (χ0v) is 11.0. The van der Waals surface area contributed by atoms with Crippen LogP contribution in [0.3, 0.4) is 0 Å². The van der Waals surface area contributed by atoms with Crippen LogP contribution in [0.25, 0.3) is 0 Å². The third-order valence-corrected chi connectivity index (χ3v) is 5.41. The molecular formula is C13H24N2S. The van der Waals surface area contributed by atoms with Gasteiger partial charge in [0, 0.05) is 18.6 Å². The monoisotopic (exact) mass is 240 g/mol. The van der Waals surface area contributed by atoms with Crippen molar-refractivity contribution in [1.82, 2.24) is 10.2 Å². The Balaban J connectivity index is 1.58.